The zero-order chi connectivity index (χ0) is 13.5. The van der Waals surface area contributed by atoms with E-state index in [-0.39, 0.29) is 0 Å². The van der Waals surface area contributed by atoms with Crippen molar-refractivity contribution in [1.82, 2.24) is 10.2 Å². The molecule has 1 amide bonds. The Morgan fingerprint density at radius 1 is 1.32 bits per heavy atom. The highest BCUT2D eigenvalue weighted by atomic mass is 16.2. The Balaban J connectivity index is 1.58. The molecule has 1 saturated heterocycles. The first-order valence-electron chi connectivity index (χ1n) is 8.13. The molecule has 2 aliphatic carbocycles. The number of carbonyl (C=O) groups excluding carboxylic acids is 1. The summed E-state index contributed by atoms with van der Waals surface area (Å²) in [6.07, 6.45) is 7.23. The summed E-state index contributed by atoms with van der Waals surface area (Å²) >= 11 is 0. The molecule has 1 spiro atoms. The fraction of sp³-hybridized carbons (Fsp3) is 0.938. The van der Waals surface area contributed by atoms with Gasteiger partial charge in [-0.2, -0.15) is 0 Å². The molecular formula is C16H28N2O. The van der Waals surface area contributed by atoms with Crippen LogP contribution in [-0.4, -0.2) is 36.5 Å². The van der Waals surface area contributed by atoms with E-state index in [2.05, 4.69) is 24.1 Å². The Morgan fingerprint density at radius 2 is 2.00 bits per heavy atom. The quantitative estimate of drug-likeness (QED) is 0.827. The van der Waals surface area contributed by atoms with Crippen LogP contribution in [0, 0.1) is 17.3 Å². The van der Waals surface area contributed by atoms with Crippen molar-refractivity contribution < 1.29 is 4.79 Å². The van der Waals surface area contributed by atoms with Crippen LogP contribution < -0.4 is 5.32 Å². The first-order valence-corrected chi connectivity index (χ1v) is 8.13. The second-order valence-corrected chi connectivity index (χ2v) is 7.31. The lowest BCUT2D eigenvalue weighted by Gasteiger charge is -2.27. The van der Waals surface area contributed by atoms with Crippen LogP contribution >= 0.6 is 0 Å². The molecule has 19 heavy (non-hydrogen) atoms. The molecule has 3 nitrogen and oxygen atoms in total. The summed E-state index contributed by atoms with van der Waals surface area (Å²) in [7, 11) is 0. The molecule has 3 heteroatoms. The second kappa shape index (κ2) is 5.08. The summed E-state index contributed by atoms with van der Waals surface area (Å²) in [6.45, 7) is 7.71. The summed E-state index contributed by atoms with van der Waals surface area (Å²) in [5.74, 6) is 1.55. The average Bonchev–Trinajstić information content (AvgIpc) is 3.28. The van der Waals surface area contributed by atoms with Crippen LogP contribution in [0.25, 0.3) is 0 Å². The predicted molar refractivity (Wildman–Crippen MR) is 76.8 cm³/mol. The highest BCUT2D eigenvalue weighted by Gasteiger charge is 2.59. The van der Waals surface area contributed by atoms with E-state index in [0.29, 0.717) is 29.2 Å². The monoisotopic (exact) mass is 264 g/mol. The van der Waals surface area contributed by atoms with Gasteiger partial charge in [0.1, 0.15) is 0 Å². The third kappa shape index (κ3) is 2.81. The van der Waals surface area contributed by atoms with Crippen molar-refractivity contribution in [3.8, 4) is 0 Å². The fourth-order valence-electron chi connectivity index (χ4n) is 3.63. The van der Waals surface area contributed by atoms with Crippen LogP contribution in [0.5, 0.6) is 0 Å². The van der Waals surface area contributed by atoms with Crippen molar-refractivity contribution in [2.75, 3.05) is 19.6 Å². The van der Waals surface area contributed by atoms with Gasteiger partial charge in [0, 0.05) is 18.5 Å². The molecular weight excluding hydrogens is 236 g/mol. The third-order valence-corrected chi connectivity index (χ3v) is 5.31. The molecule has 108 valence electrons. The SMILES string of the molecule is CC(C)CCN(C(=O)C1CC12CCNCC2)C1CC1. The Labute approximate surface area is 117 Å². The number of rotatable bonds is 5. The maximum atomic E-state index is 12.8. The van der Waals surface area contributed by atoms with Gasteiger partial charge in [-0.1, -0.05) is 13.8 Å². The maximum Gasteiger partial charge on any atom is 0.226 e. The Kier molecular flexibility index (Phi) is 3.59. The molecule has 3 rings (SSSR count). The van der Waals surface area contributed by atoms with Gasteiger partial charge < -0.3 is 10.2 Å². The number of amides is 1. The molecule has 3 aliphatic rings. The molecule has 1 heterocycles. The lowest BCUT2D eigenvalue weighted by Crippen LogP contribution is -2.38. The van der Waals surface area contributed by atoms with E-state index in [9.17, 15) is 4.79 Å². The highest BCUT2D eigenvalue weighted by molar-refractivity contribution is 5.83. The average molecular weight is 264 g/mol. The predicted octanol–water partition coefficient (Wildman–Crippen LogP) is 2.41. The highest BCUT2D eigenvalue weighted by Crippen LogP contribution is 2.59. The van der Waals surface area contributed by atoms with E-state index in [1.807, 2.05) is 0 Å². The number of nitrogens with zero attached hydrogens (tertiary/aromatic N) is 1. The van der Waals surface area contributed by atoms with Gasteiger partial charge in [0.25, 0.3) is 0 Å². The first kappa shape index (κ1) is 13.4. The molecule has 0 aromatic heterocycles. The molecule has 1 aliphatic heterocycles. The molecule has 1 unspecified atom stereocenters. The summed E-state index contributed by atoms with van der Waals surface area (Å²) in [5.41, 5.74) is 0.396. The van der Waals surface area contributed by atoms with Gasteiger partial charge in [-0.3, -0.25) is 4.79 Å². The fourth-order valence-corrected chi connectivity index (χ4v) is 3.63. The van der Waals surface area contributed by atoms with Crippen LogP contribution in [-0.2, 0) is 4.79 Å². The summed E-state index contributed by atoms with van der Waals surface area (Å²) in [4.78, 5) is 15.0. The smallest absolute Gasteiger partial charge is 0.226 e. The Hall–Kier alpha value is -0.570. The van der Waals surface area contributed by atoms with Gasteiger partial charge in [-0.15, -0.1) is 0 Å². The molecule has 0 aromatic rings. The molecule has 1 atom stereocenters. The van der Waals surface area contributed by atoms with Crippen LogP contribution in [0.2, 0.25) is 0 Å². The van der Waals surface area contributed by atoms with Crippen molar-refractivity contribution in [3.63, 3.8) is 0 Å². The number of nitrogens with one attached hydrogen (secondary N) is 1. The number of hydrogen-bond acceptors (Lipinski definition) is 2. The number of piperidine rings is 1. The van der Waals surface area contributed by atoms with Gasteiger partial charge in [0.2, 0.25) is 5.91 Å². The van der Waals surface area contributed by atoms with Gasteiger partial charge in [0.15, 0.2) is 0 Å². The van der Waals surface area contributed by atoms with E-state index in [1.165, 1.54) is 32.1 Å². The van der Waals surface area contributed by atoms with Crippen molar-refractivity contribution in [2.45, 2.75) is 58.4 Å². The lowest BCUT2D eigenvalue weighted by molar-refractivity contribution is -0.134. The van der Waals surface area contributed by atoms with Crippen LogP contribution in [0.1, 0.15) is 52.4 Å². The van der Waals surface area contributed by atoms with Crippen molar-refractivity contribution in [3.05, 3.63) is 0 Å². The molecule has 0 aromatic carbocycles. The molecule has 3 fully saturated rings. The number of hydrogen-bond donors (Lipinski definition) is 1. The topological polar surface area (TPSA) is 32.3 Å². The lowest BCUT2D eigenvalue weighted by atomic mass is 9.91. The maximum absolute atomic E-state index is 12.8. The zero-order valence-corrected chi connectivity index (χ0v) is 12.5. The van der Waals surface area contributed by atoms with E-state index in [1.54, 1.807) is 0 Å². The van der Waals surface area contributed by atoms with Gasteiger partial charge in [-0.25, -0.2) is 0 Å². The molecule has 2 saturated carbocycles. The summed E-state index contributed by atoms with van der Waals surface area (Å²) < 4.78 is 0. The second-order valence-electron chi connectivity index (χ2n) is 7.31. The van der Waals surface area contributed by atoms with E-state index in [0.717, 1.165) is 26.1 Å². The van der Waals surface area contributed by atoms with Crippen LogP contribution in [0.4, 0.5) is 0 Å². The van der Waals surface area contributed by atoms with Crippen molar-refractivity contribution in [2.24, 2.45) is 17.3 Å². The Morgan fingerprint density at radius 3 is 2.58 bits per heavy atom. The molecule has 0 bridgehead atoms. The van der Waals surface area contributed by atoms with E-state index < -0.39 is 0 Å². The van der Waals surface area contributed by atoms with Gasteiger partial charge in [0.05, 0.1) is 0 Å². The van der Waals surface area contributed by atoms with E-state index in [4.69, 9.17) is 0 Å². The normalized spacial score (nSPS) is 28.7. The molecule has 1 N–H and O–H groups in total. The minimum atomic E-state index is 0.363. The van der Waals surface area contributed by atoms with Crippen molar-refractivity contribution >= 4 is 5.91 Å². The standard InChI is InChI=1S/C16H28N2O/c1-12(2)5-10-18(13-3-4-13)15(19)14-11-16(14)6-8-17-9-7-16/h12-14,17H,3-11H2,1-2H3. The molecule has 0 radical (unpaired) electrons. The largest absolute Gasteiger partial charge is 0.339 e. The number of carbonyl (C=O) groups is 1. The minimum Gasteiger partial charge on any atom is -0.339 e. The summed E-state index contributed by atoms with van der Waals surface area (Å²) in [5, 5.41) is 3.42. The third-order valence-electron chi connectivity index (χ3n) is 5.31. The minimum absolute atomic E-state index is 0.363. The van der Waals surface area contributed by atoms with Crippen LogP contribution in [0.3, 0.4) is 0 Å². The van der Waals surface area contributed by atoms with E-state index >= 15 is 0 Å². The van der Waals surface area contributed by atoms with Crippen LogP contribution in [0.15, 0.2) is 0 Å². The van der Waals surface area contributed by atoms with Gasteiger partial charge in [-0.05, 0) is 62.9 Å². The van der Waals surface area contributed by atoms with Crippen molar-refractivity contribution in [1.29, 1.82) is 0 Å². The summed E-state index contributed by atoms with van der Waals surface area (Å²) in [6, 6.07) is 0.589. The Bertz CT molecular complexity index is 343. The van der Waals surface area contributed by atoms with Gasteiger partial charge >= 0.3 is 0 Å². The zero-order valence-electron chi connectivity index (χ0n) is 12.5. The first-order chi connectivity index (χ1) is 9.12.